The summed E-state index contributed by atoms with van der Waals surface area (Å²) in [5.41, 5.74) is 1.44. The van der Waals surface area contributed by atoms with Crippen LogP contribution in [0.2, 0.25) is 0 Å². The monoisotopic (exact) mass is 626 g/mol. The number of alkyl halides is 3. The number of quaternary nitrogens is 1. The number of hydrogen-bond donors (Lipinski definition) is 3. The van der Waals surface area contributed by atoms with Crippen LogP contribution in [0.25, 0.3) is 0 Å². The van der Waals surface area contributed by atoms with Gasteiger partial charge in [-0.05, 0) is 38.0 Å². The lowest BCUT2D eigenvalue weighted by Crippen LogP contribution is -2.94. The molecule has 1 saturated carbocycles. The summed E-state index contributed by atoms with van der Waals surface area (Å²) < 4.78 is 50.1. The highest BCUT2D eigenvalue weighted by Crippen LogP contribution is 2.60. The molecule has 0 aromatic carbocycles. The van der Waals surface area contributed by atoms with Gasteiger partial charge in [-0.1, -0.05) is 32.1 Å². The molecule has 10 nitrogen and oxygen atoms in total. The molecule has 2 aliphatic carbocycles. The Morgan fingerprint density at radius 1 is 1.27 bits per heavy atom. The van der Waals surface area contributed by atoms with E-state index in [1.54, 1.807) is 19.3 Å². The second kappa shape index (κ2) is 13.3. The van der Waals surface area contributed by atoms with Crippen LogP contribution in [-0.4, -0.2) is 82.6 Å². The zero-order chi connectivity index (χ0) is 32.6. The zero-order valence-electron chi connectivity index (χ0n) is 25.3. The van der Waals surface area contributed by atoms with Gasteiger partial charge in [0.1, 0.15) is 36.4 Å². The lowest BCUT2D eigenvalue weighted by atomic mass is 9.57. The van der Waals surface area contributed by atoms with Gasteiger partial charge in [-0.2, -0.15) is 13.2 Å². The van der Waals surface area contributed by atoms with Gasteiger partial charge < -0.3 is 39.6 Å². The van der Waals surface area contributed by atoms with E-state index in [-0.39, 0.29) is 41.7 Å². The fraction of sp³-hybridized carbons (Fsp3) is 0.645. The first-order valence-electron chi connectivity index (χ1n) is 14.8. The van der Waals surface area contributed by atoms with Crippen LogP contribution in [0.1, 0.15) is 39.7 Å². The van der Waals surface area contributed by atoms with Crippen molar-refractivity contribution in [3.8, 4) is 0 Å². The molecule has 2 aliphatic heterocycles. The first-order valence-corrected chi connectivity index (χ1v) is 14.8. The number of nitrogens with two attached hydrogens (primary N) is 1. The van der Waals surface area contributed by atoms with Crippen LogP contribution < -0.4 is 10.4 Å². The van der Waals surface area contributed by atoms with Crippen molar-refractivity contribution in [1.82, 2.24) is 4.98 Å². The number of nitrogens with zero attached hydrogens (tertiary/aromatic N) is 1. The summed E-state index contributed by atoms with van der Waals surface area (Å²) in [4.78, 5) is 26.0. The number of carbonyl (C=O) groups is 2. The third kappa shape index (κ3) is 6.43. The van der Waals surface area contributed by atoms with Gasteiger partial charge in [-0.3, -0.25) is 4.98 Å². The molecule has 44 heavy (non-hydrogen) atoms. The van der Waals surface area contributed by atoms with Crippen LogP contribution in [-0.2, 0) is 30.3 Å². The highest BCUT2D eigenvalue weighted by atomic mass is 19.4. The molecular formula is C31H41F3N2O8. The smallest absolute Gasteiger partial charge is 0.430 e. The summed E-state index contributed by atoms with van der Waals surface area (Å²) in [7, 11) is 1.51. The predicted octanol–water partition coefficient (Wildman–Crippen LogP) is 0.673. The standard InChI is InChI=1S/C29H40N2O6.C2HF3O2/c1-15-12-16(2)29-20(13-22(35-5)28(34)36-26(15)18(4)32)6-7-21-23(29)25(33)17(3)24(27(21)37-29)31-14-19-8-10-30-11-9-19;3-2(4,5)1(6)7/h6-12,15,17-18,20-27,31-33H,13-14H2,1-5H3;(H,6,7)/b16-12+;/t15-,17?,18-,20-,21-,22+,23+,24+,25-,26+,27-,29+;/m1./s1. The van der Waals surface area contributed by atoms with E-state index in [0.29, 0.717) is 6.42 Å². The van der Waals surface area contributed by atoms with E-state index in [4.69, 9.17) is 24.1 Å². The quantitative estimate of drug-likeness (QED) is 0.316. The Kier molecular flexibility index (Phi) is 10.3. The van der Waals surface area contributed by atoms with Gasteiger partial charge in [0, 0.05) is 54.7 Å². The van der Waals surface area contributed by atoms with Crippen molar-refractivity contribution < 1.29 is 57.6 Å². The van der Waals surface area contributed by atoms with Gasteiger partial charge in [-0.25, -0.2) is 4.79 Å². The van der Waals surface area contributed by atoms with E-state index < -0.39 is 48.1 Å². The maximum Gasteiger partial charge on any atom is 0.430 e. The summed E-state index contributed by atoms with van der Waals surface area (Å²) in [6.45, 7) is 8.56. The number of aliphatic hydroxyl groups excluding tert-OH is 2. The summed E-state index contributed by atoms with van der Waals surface area (Å²) in [6.07, 6.45) is 2.25. The van der Waals surface area contributed by atoms with E-state index in [9.17, 15) is 28.2 Å². The summed E-state index contributed by atoms with van der Waals surface area (Å²) >= 11 is 0. The molecule has 4 aliphatic rings. The molecule has 1 aromatic heterocycles. The van der Waals surface area contributed by atoms with E-state index in [1.165, 1.54) is 12.7 Å². The predicted molar refractivity (Wildman–Crippen MR) is 147 cm³/mol. The normalized spacial score (nSPS) is 40.0. The molecule has 4 bridgehead atoms. The summed E-state index contributed by atoms with van der Waals surface area (Å²) in [5, 5.41) is 33.3. The number of carbonyl (C=O) groups excluding carboxylic acids is 2. The number of aromatic nitrogens is 1. The van der Waals surface area contributed by atoms with E-state index in [2.05, 4.69) is 42.4 Å². The second-order valence-electron chi connectivity index (χ2n) is 12.3. The molecule has 5 rings (SSSR count). The number of aliphatic hydroxyl groups is 2. The summed E-state index contributed by atoms with van der Waals surface area (Å²) in [6, 6.07) is 4.11. The number of rotatable bonds is 5. The van der Waals surface area contributed by atoms with Gasteiger partial charge >= 0.3 is 12.1 Å². The van der Waals surface area contributed by atoms with Gasteiger partial charge in [0.25, 0.3) is 0 Å². The molecule has 1 saturated heterocycles. The van der Waals surface area contributed by atoms with Gasteiger partial charge in [0.05, 0.1) is 12.2 Å². The van der Waals surface area contributed by atoms with Crippen LogP contribution >= 0.6 is 0 Å². The third-order valence-corrected chi connectivity index (χ3v) is 9.63. The Morgan fingerprint density at radius 3 is 2.48 bits per heavy atom. The van der Waals surface area contributed by atoms with Crippen molar-refractivity contribution in [1.29, 1.82) is 0 Å². The number of aliphatic carboxylic acids is 1. The molecule has 0 radical (unpaired) electrons. The number of pyridine rings is 1. The van der Waals surface area contributed by atoms with Crippen molar-refractivity contribution >= 4 is 11.9 Å². The van der Waals surface area contributed by atoms with Gasteiger partial charge in [0.15, 0.2) is 6.10 Å². The lowest BCUT2D eigenvalue weighted by molar-refractivity contribution is -0.720. The third-order valence-electron chi connectivity index (χ3n) is 9.63. The molecule has 1 spiro atoms. The van der Waals surface area contributed by atoms with Crippen molar-refractivity contribution in [2.75, 3.05) is 7.11 Å². The fourth-order valence-corrected chi connectivity index (χ4v) is 7.55. The Morgan fingerprint density at radius 2 is 1.91 bits per heavy atom. The van der Waals surface area contributed by atoms with E-state index >= 15 is 0 Å². The maximum absolute atomic E-state index is 13.1. The minimum Gasteiger partial charge on any atom is -0.542 e. The van der Waals surface area contributed by atoms with Crippen molar-refractivity contribution in [2.45, 2.75) is 89.0 Å². The van der Waals surface area contributed by atoms with E-state index in [0.717, 1.165) is 12.1 Å². The number of ether oxygens (including phenoxy) is 3. The van der Waals surface area contributed by atoms with Crippen molar-refractivity contribution in [3.63, 3.8) is 0 Å². The lowest BCUT2D eigenvalue weighted by Gasteiger charge is -2.48. The SMILES string of the molecule is CO[C@H]1C[C@H]2C=C[C@H]3[C@H]4O[C@]2(/C(C)=C/[C@@H](C)[C@@H]([C@@H](C)O)OC1=O)[C@@H]3[C@H](O)C(C)[C@@H]4[NH2+]Cc1ccncc1.O=C([O-])C(F)(F)F. The molecule has 0 amide bonds. The number of esters is 1. The largest absolute Gasteiger partial charge is 0.542 e. The first kappa shape index (κ1) is 34.0. The molecule has 4 N–H and O–H groups in total. The second-order valence-corrected chi connectivity index (χ2v) is 12.3. The number of hydrogen-bond acceptors (Lipinski definition) is 9. The highest BCUT2D eigenvalue weighted by molar-refractivity contribution is 5.75. The molecule has 13 heteroatoms. The Balaban J connectivity index is 0.000000566. The zero-order valence-corrected chi connectivity index (χ0v) is 25.3. The van der Waals surface area contributed by atoms with Crippen LogP contribution in [0.5, 0.6) is 0 Å². The van der Waals surface area contributed by atoms with Crippen LogP contribution in [0.4, 0.5) is 13.2 Å². The number of cyclic esters (lactones) is 1. The summed E-state index contributed by atoms with van der Waals surface area (Å²) in [5.74, 6) is -3.92. The Bertz CT molecular complexity index is 1240. The molecule has 3 heterocycles. The van der Waals surface area contributed by atoms with Crippen LogP contribution in [0, 0.1) is 29.6 Å². The number of methoxy groups -OCH3 is 1. The first-order chi connectivity index (χ1) is 20.6. The molecule has 12 atom stereocenters. The molecule has 1 aromatic rings. The maximum atomic E-state index is 13.1. The van der Waals surface area contributed by atoms with E-state index in [1.807, 2.05) is 19.1 Å². The minimum absolute atomic E-state index is 0.0219. The van der Waals surface area contributed by atoms with Gasteiger partial charge in [0.2, 0.25) is 0 Å². The molecule has 244 valence electrons. The van der Waals surface area contributed by atoms with Gasteiger partial charge in [-0.15, -0.1) is 0 Å². The average molecular weight is 627 g/mol. The fourth-order valence-electron chi connectivity index (χ4n) is 7.55. The van der Waals surface area contributed by atoms with Crippen molar-refractivity contribution in [2.24, 2.45) is 29.6 Å². The van der Waals surface area contributed by atoms with Crippen molar-refractivity contribution in [3.05, 3.63) is 53.9 Å². The number of halogens is 3. The Labute approximate surface area is 254 Å². The molecular weight excluding hydrogens is 585 g/mol. The number of carboxylic acid groups (broad SMARTS) is 1. The van der Waals surface area contributed by atoms with Crippen LogP contribution in [0.15, 0.2) is 48.3 Å². The Hall–Kier alpha value is -2.84. The topological polar surface area (TPSA) is 155 Å². The number of carboxylic acids is 1. The average Bonchev–Trinajstić information content (AvgIpc) is 3.15. The van der Waals surface area contributed by atoms with Crippen LogP contribution in [0.3, 0.4) is 0 Å². The molecule has 1 unspecified atom stereocenters. The molecule has 2 fully saturated rings. The minimum atomic E-state index is -5.19. The highest BCUT2D eigenvalue weighted by Gasteiger charge is 2.69.